The Morgan fingerprint density at radius 2 is 1.80 bits per heavy atom. The van der Waals surface area contributed by atoms with E-state index in [1.165, 1.54) is 0 Å². The fraction of sp³-hybridized carbons (Fsp3) is 1.00. The molecule has 0 heterocycles. The van der Waals surface area contributed by atoms with Crippen molar-refractivity contribution in [1.82, 2.24) is 0 Å². The minimum absolute atomic E-state index is 1.03. The summed E-state index contributed by atoms with van der Waals surface area (Å²) >= 11 is 6.18. The van der Waals surface area contributed by atoms with Gasteiger partial charge in [0, 0.05) is 6.41 Å². The van der Waals surface area contributed by atoms with Crippen LogP contribution in [-0.4, -0.2) is 21.1 Å². The van der Waals surface area contributed by atoms with E-state index in [9.17, 15) is 0 Å². The Balaban J connectivity index is 4.44. The lowest BCUT2D eigenvalue weighted by molar-refractivity contribution is 1.47. The molecule has 10 heavy (non-hydrogen) atoms. The second-order valence-electron chi connectivity index (χ2n) is 3.61. The summed E-state index contributed by atoms with van der Waals surface area (Å²) < 4.78 is 4.68. The van der Waals surface area contributed by atoms with Crippen LogP contribution in [0.15, 0.2) is 4.41 Å². The van der Waals surface area contributed by atoms with Crippen molar-refractivity contribution in [2.75, 3.05) is 12.8 Å². The van der Waals surface area contributed by atoms with E-state index in [1.807, 2.05) is 0 Å². The van der Waals surface area contributed by atoms with E-state index in [1.54, 1.807) is 0 Å². The van der Waals surface area contributed by atoms with Crippen molar-refractivity contribution in [1.29, 1.82) is 0 Å². The van der Waals surface area contributed by atoms with Crippen LogP contribution >= 0.6 is 17.6 Å². The van der Waals surface area contributed by atoms with E-state index in [-0.39, 0.29) is 0 Å². The maximum Gasteiger partial charge on any atom is 0.172 e. The van der Waals surface area contributed by atoms with Gasteiger partial charge in [0.25, 0.3) is 0 Å². The van der Waals surface area contributed by atoms with Gasteiger partial charge in [0.1, 0.15) is 0 Å². The minimum atomic E-state index is -1.39. The molecule has 1 nitrogen and oxygen atoms in total. The molecule has 0 rings (SSSR count). The zero-order chi connectivity index (χ0) is 8.41. The molecule has 0 amide bonds. The molecule has 1 unspecified atom stereocenters. The third kappa shape index (κ3) is 5.52. The Hall–Kier alpha value is 0.737. The first-order valence-corrected chi connectivity index (χ1v) is 10.3. The summed E-state index contributed by atoms with van der Waals surface area (Å²) in [6.45, 7) is 10.9. The van der Waals surface area contributed by atoms with E-state index in [2.05, 4.69) is 37.6 Å². The highest BCUT2D eigenvalue weighted by Crippen LogP contribution is 2.51. The molecule has 62 valence electrons. The summed E-state index contributed by atoms with van der Waals surface area (Å²) in [6.07, 6.45) is -0.359. The zero-order valence-corrected chi connectivity index (χ0v) is 10.1. The summed E-state index contributed by atoms with van der Waals surface area (Å²) in [5.74, 6) is 0. The van der Waals surface area contributed by atoms with Crippen molar-refractivity contribution in [2.24, 2.45) is 4.41 Å². The van der Waals surface area contributed by atoms with Crippen molar-refractivity contribution in [3.05, 3.63) is 0 Å². The fourth-order valence-corrected chi connectivity index (χ4v) is 8.31. The third-order valence-electron chi connectivity index (χ3n) is 1.09. The summed E-state index contributed by atoms with van der Waals surface area (Å²) in [4.78, 5) is 0. The number of hydrogen-bond donors (Lipinski definition) is 0. The van der Waals surface area contributed by atoms with Gasteiger partial charge in [-0.2, -0.15) is 0 Å². The number of hydrogen-bond acceptors (Lipinski definition) is 1. The van der Waals surface area contributed by atoms with Gasteiger partial charge in [-0.15, -0.1) is 0 Å². The average molecular weight is 198 g/mol. The van der Waals surface area contributed by atoms with E-state index in [4.69, 9.17) is 11.2 Å². The van der Waals surface area contributed by atoms with Crippen LogP contribution in [0.1, 0.15) is 6.92 Å². The van der Waals surface area contributed by atoms with Gasteiger partial charge in [0.15, 0.2) is 8.24 Å². The van der Waals surface area contributed by atoms with Crippen LogP contribution in [0.25, 0.3) is 0 Å². The predicted octanol–water partition coefficient (Wildman–Crippen LogP) is 3.83. The second-order valence-corrected chi connectivity index (χ2v) is 13.6. The highest BCUT2D eigenvalue weighted by molar-refractivity contribution is 7.91. The van der Waals surface area contributed by atoms with Crippen molar-refractivity contribution in [2.45, 2.75) is 26.6 Å². The lowest BCUT2D eigenvalue weighted by Crippen LogP contribution is -2.15. The average Bonchev–Trinajstić information content (AvgIpc) is 1.60. The molecule has 0 bridgehead atoms. The number of nitrogens with zero attached hydrogens (tertiary/aromatic N) is 1. The Labute approximate surface area is 70.1 Å². The van der Waals surface area contributed by atoms with Gasteiger partial charge in [0.2, 0.25) is 0 Å². The first-order chi connectivity index (χ1) is 4.27. The molecule has 0 aliphatic rings. The fourth-order valence-electron chi connectivity index (χ4n) is 0.696. The van der Waals surface area contributed by atoms with Gasteiger partial charge in [-0.25, -0.2) is 0 Å². The van der Waals surface area contributed by atoms with Crippen molar-refractivity contribution < 1.29 is 0 Å². The van der Waals surface area contributed by atoms with Gasteiger partial charge < -0.3 is 4.41 Å². The molecule has 0 aliphatic carbocycles. The molecule has 0 spiro atoms. The Bertz CT molecular complexity index is 156. The molecule has 0 fully saturated rings. The first kappa shape index (κ1) is 10.7. The summed E-state index contributed by atoms with van der Waals surface area (Å²) in [6, 6.07) is 0. The van der Waals surface area contributed by atoms with Crippen molar-refractivity contribution in [3.8, 4) is 0 Å². The second kappa shape index (κ2) is 3.42. The van der Waals surface area contributed by atoms with E-state index >= 15 is 0 Å². The highest BCUT2D eigenvalue weighted by atomic mass is 35.7. The first-order valence-electron chi connectivity index (χ1n) is 3.56. The quantitative estimate of drug-likeness (QED) is 0.472. The predicted molar refractivity (Wildman–Crippen MR) is 55.0 cm³/mol. The number of rotatable bonds is 2. The SMILES string of the molecule is CCP(C)(Cl)=N[Si](C)(C)C. The van der Waals surface area contributed by atoms with E-state index in [0.717, 1.165) is 6.16 Å². The molecular formula is C6H17ClNPSi. The van der Waals surface area contributed by atoms with Crippen LogP contribution < -0.4 is 0 Å². The molecule has 0 radical (unpaired) electrons. The van der Waals surface area contributed by atoms with Crippen LogP contribution in [0.3, 0.4) is 0 Å². The largest absolute Gasteiger partial charge is 0.324 e. The molecule has 0 aromatic carbocycles. The van der Waals surface area contributed by atoms with Gasteiger partial charge >= 0.3 is 0 Å². The van der Waals surface area contributed by atoms with Gasteiger partial charge in [-0.1, -0.05) is 37.8 Å². The topological polar surface area (TPSA) is 12.4 Å². The minimum Gasteiger partial charge on any atom is -0.324 e. The van der Waals surface area contributed by atoms with Crippen LogP contribution in [0.2, 0.25) is 19.6 Å². The van der Waals surface area contributed by atoms with Crippen molar-refractivity contribution in [3.63, 3.8) is 0 Å². The maximum atomic E-state index is 6.18. The van der Waals surface area contributed by atoms with Crippen molar-refractivity contribution >= 4 is 25.9 Å². The zero-order valence-electron chi connectivity index (χ0n) is 7.48. The Morgan fingerprint density at radius 3 is 1.90 bits per heavy atom. The van der Waals surface area contributed by atoms with Crippen LogP contribution in [-0.2, 0) is 0 Å². The standard InChI is InChI=1S/C6H17ClNPSi/c1-6-9(2,7)8-10(3,4)5/h6H2,1-5H3. The van der Waals surface area contributed by atoms with Gasteiger partial charge in [-0.3, -0.25) is 0 Å². The molecule has 0 saturated heterocycles. The molecule has 0 saturated carbocycles. The van der Waals surface area contributed by atoms with E-state index < -0.39 is 14.6 Å². The van der Waals surface area contributed by atoms with Crippen LogP contribution in [0.5, 0.6) is 0 Å². The molecule has 4 heteroatoms. The Kier molecular flexibility index (Phi) is 3.67. The number of halogens is 1. The smallest absolute Gasteiger partial charge is 0.172 e. The molecule has 0 aliphatic heterocycles. The molecular weight excluding hydrogens is 181 g/mol. The normalized spacial score (nSPS) is 18.2. The maximum absolute atomic E-state index is 6.18. The highest BCUT2D eigenvalue weighted by Gasteiger charge is 2.15. The summed E-state index contributed by atoms with van der Waals surface area (Å²) in [5, 5.41) is 0. The van der Waals surface area contributed by atoms with E-state index in [0.29, 0.717) is 0 Å². The van der Waals surface area contributed by atoms with Gasteiger partial charge in [-0.05, 0) is 12.8 Å². The molecule has 0 aromatic rings. The molecule has 0 aromatic heterocycles. The lowest BCUT2D eigenvalue weighted by Gasteiger charge is -2.16. The molecule has 0 N–H and O–H groups in total. The summed E-state index contributed by atoms with van der Waals surface area (Å²) in [5.41, 5.74) is 0. The van der Waals surface area contributed by atoms with Gasteiger partial charge in [0.05, 0.1) is 0 Å². The van der Waals surface area contributed by atoms with Crippen LogP contribution in [0.4, 0.5) is 0 Å². The lowest BCUT2D eigenvalue weighted by atomic mass is 11.0. The monoisotopic (exact) mass is 197 g/mol. The third-order valence-corrected chi connectivity index (χ3v) is 7.71. The van der Waals surface area contributed by atoms with Crippen LogP contribution in [0, 0.1) is 0 Å². The summed E-state index contributed by atoms with van der Waals surface area (Å²) in [7, 11) is -1.27. The Morgan fingerprint density at radius 1 is 1.40 bits per heavy atom. The molecule has 1 atom stereocenters.